The van der Waals surface area contributed by atoms with Crippen molar-refractivity contribution in [2.45, 2.75) is 6.92 Å². The van der Waals surface area contributed by atoms with Gasteiger partial charge in [-0.05, 0) is 66.7 Å². The lowest BCUT2D eigenvalue weighted by Gasteiger charge is -2.11. The molecule has 0 atom stereocenters. The molecule has 3 rings (SSSR count). The second kappa shape index (κ2) is 7.32. The molecule has 0 spiro atoms. The van der Waals surface area contributed by atoms with E-state index in [9.17, 15) is 9.18 Å². The number of likely N-dealkylation sites (N-methyl/N-ethyl adjacent to an activating group) is 1. The molecular formula is C19H14FN3OS. The summed E-state index contributed by atoms with van der Waals surface area (Å²) in [5.41, 5.74) is 2.00. The summed E-state index contributed by atoms with van der Waals surface area (Å²) in [5.74, 6) is -0.439. The van der Waals surface area contributed by atoms with Crippen molar-refractivity contribution >= 4 is 34.6 Å². The number of nitrogens with zero attached hydrogens (tertiary/aromatic N) is 3. The quantitative estimate of drug-likeness (QED) is 0.774. The van der Waals surface area contributed by atoms with Crippen molar-refractivity contribution in [2.24, 2.45) is 4.99 Å². The average molecular weight is 351 g/mol. The van der Waals surface area contributed by atoms with Crippen molar-refractivity contribution in [3.63, 3.8) is 0 Å². The molecule has 1 heterocycles. The van der Waals surface area contributed by atoms with E-state index in [1.54, 1.807) is 47.4 Å². The zero-order valence-corrected chi connectivity index (χ0v) is 14.3. The Morgan fingerprint density at radius 3 is 2.48 bits per heavy atom. The minimum absolute atomic E-state index is 0.113. The number of halogens is 1. The second-order valence-electron chi connectivity index (χ2n) is 5.26. The fourth-order valence-electron chi connectivity index (χ4n) is 2.30. The number of carbonyl (C=O) groups is 1. The fourth-order valence-corrected chi connectivity index (χ4v) is 3.36. The summed E-state index contributed by atoms with van der Waals surface area (Å²) in [7, 11) is 0. The van der Waals surface area contributed by atoms with Gasteiger partial charge in [-0.25, -0.2) is 9.38 Å². The summed E-state index contributed by atoms with van der Waals surface area (Å²) in [6, 6.07) is 14.9. The molecule has 124 valence electrons. The monoisotopic (exact) mass is 351 g/mol. The first-order valence-corrected chi connectivity index (χ1v) is 8.48. The van der Waals surface area contributed by atoms with Crippen molar-refractivity contribution < 1.29 is 9.18 Å². The third-order valence-electron chi connectivity index (χ3n) is 3.59. The van der Waals surface area contributed by atoms with Crippen LogP contribution in [0.1, 0.15) is 18.1 Å². The smallest absolute Gasteiger partial charge is 0.266 e. The highest BCUT2D eigenvalue weighted by Crippen LogP contribution is 2.34. The minimum Gasteiger partial charge on any atom is -0.287 e. The van der Waals surface area contributed by atoms with E-state index in [-0.39, 0.29) is 11.7 Å². The van der Waals surface area contributed by atoms with Gasteiger partial charge in [-0.3, -0.25) is 9.69 Å². The lowest BCUT2D eigenvalue weighted by atomic mass is 10.1. The number of thioether (sulfide) groups is 1. The van der Waals surface area contributed by atoms with Gasteiger partial charge >= 0.3 is 0 Å². The molecule has 4 nitrogen and oxygen atoms in total. The van der Waals surface area contributed by atoms with Gasteiger partial charge in [-0.2, -0.15) is 5.26 Å². The van der Waals surface area contributed by atoms with E-state index in [0.717, 1.165) is 5.56 Å². The molecule has 0 aromatic heterocycles. The highest BCUT2D eigenvalue weighted by Gasteiger charge is 2.32. The van der Waals surface area contributed by atoms with Crippen LogP contribution in [-0.4, -0.2) is 22.5 Å². The minimum atomic E-state index is -0.326. The van der Waals surface area contributed by atoms with Crippen molar-refractivity contribution in [3.05, 3.63) is 70.4 Å². The van der Waals surface area contributed by atoms with Gasteiger partial charge in [0, 0.05) is 6.54 Å². The molecule has 0 N–H and O–H groups in total. The van der Waals surface area contributed by atoms with Gasteiger partial charge in [0.25, 0.3) is 5.91 Å². The molecule has 1 amide bonds. The number of amidine groups is 1. The van der Waals surface area contributed by atoms with Crippen molar-refractivity contribution in [2.75, 3.05) is 6.54 Å². The van der Waals surface area contributed by atoms with Crippen LogP contribution in [-0.2, 0) is 4.79 Å². The Hall–Kier alpha value is -2.91. The predicted octanol–water partition coefficient (Wildman–Crippen LogP) is 4.32. The molecule has 0 saturated carbocycles. The lowest BCUT2D eigenvalue weighted by Crippen LogP contribution is -2.28. The molecule has 1 aliphatic rings. The summed E-state index contributed by atoms with van der Waals surface area (Å²) in [5, 5.41) is 9.41. The number of rotatable bonds is 3. The maximum Gasteiger partial charge on any atom is 0.266 e. The first-order chi connectivity index (χ1) is 12.1. The lowest BCUT2D eigenvalue weighted by molar-refractivity contribution is -0.122. The first-order valence-electron chi connectivity index (χ1n) is 7.66. The van der Waals surface area contributed by atoms with E-state index >= 15 is 0 Å². The predicted molar refractivity (Wildman–Crippen MR) is 97.6 cm³/mol. The van der Waals surface area contributed by atoms with Gasteiger partial charge in [-0.1, -0.05) is 12.1 Å². The molecule has 6 heteroatoms. The Labute approximate surface area is 149 Å². The zero-order chi connectivity index (χ0) is 17.8. The van der Waals surface area contributed by atoms with Crippen LogP contribution in [0.25, 0.3) is 6.08 Å². The van der Waals surface area contributed by atoms with Crippen molar-refractivity contribution in [3.8, 4) is 6.07 Å². The first kappa shape index (κ1) is 16.9. The van der Waals surface area contributed by atoms with E-state index in [0.29, 0.717) is 27.9 Å². The van der Waals surface area contributed by atoms with E-state index in [2.05, 4.69) is 11.1 Å². The Bertz CT molecular complexity index is 896. The van der Waals surface area contributed by atoms with Crippen LogP contribution in [0, 0.1) is 17.1 Å². The molecule has 1 saturated heterocycles. The Kier molecular flexibility index (Phi) is 4.96. The molecule has 2 aromatic rings. The van der Waals surface area contributed by atoms with Gasteiger partial charge in [-0.15, -0.1) is 0 Å². The molecular weight excluding hydrogens is 337 g/mol. The van der Waals surface area contributed by atoms with E-state index in [1.807, 2.05) is 6.92 Å². The average Bonchev–Trinajstić information content (AvgIpc) is 2.92. The maximum atomic E-state index is 13.0. The van der Waals surface area contributed by atoms with Crippen LogP contribution in [0.2, 0.25) is 0 Å². The SMILES string of the molecule is CCN1C(=O)/C(=C\c2ccc(C#N)cc2)SC1=Nc1ccc(F)cc1. The third kappa shape index (κ3) is 3.78. The van der Waals surface area contributed by atoms with Crippen LogP contribution in [0.15, 0.2) is 58.4 Å². The number of amides is 1. The summed E-state index contributed by atoms with van der Waals surface area (Å²) >= 11 is 1.28. The molecule has 25 heavy (non-hydrogen) atoms. The van der Waals surface area contributed by atoms with E-state index in [1.165, 1.54) is 23.9 Å². The van der Waals surface area contributed by atoms with Gasteiger partial charge < -0.3 is 0 Å². The van der Waals surface area contributed by atoms with Crippen LogP contribution < -0.4 is 0 Å². The Morgan fingerprint density at radius 2 is 1.88 bits per heavy atom. The maximum absolute atomic E-state index is 13.0. The third-order valence-corrected chi connectivity index (χ3v) is 4.60. The summed E-state index contributed by atoms with van der Waals surface area (Å²) < 4.78 is 13.0. The van der Waals surface area contributed by atoms with Gasteiger partial charge in [0.2, 0.25) is 0 Å². The normalized spacial score (nSPS) is 17.3. The zero-order valence-electron chi connectivity index (χ0n) is 13.4. The highest BCUT2D eigenvalue weighted by atomic mass is 32.2. The van der Waals surface area contributed by atoms with Crippen LogP contribution in [0.3, 0.4) is 0 Å². The number of hydrogen-bond acceptors (Lipinski definition) is 4. The number of carbonyl (C=O) groups excluding carboxylic acids is 1. The van der Waals surface area contributed by atoms with Crippen LogP contribution >= 0.6 is 11.8 Å². The molecule has 1 aliphatic heterocycles. The van der Waals surface area contributed by atoms with Crippen molar-refractivity contribution in [1.29, 1.82) is 5.26 Å². The molecule has 2 aromatic carbocycles. The Balaban J connectivity index is 1.90. The van der Waals surface area contributed by atoms with Gasteiger partial charge in [0.05, 0.1) is 22.2 Å². The van der Waals surface area contributed by atoms with Gasteiger partial charge in [0.15, 0.2) is 5.17 Å². The van der Waals surface area contributed by atoms with E-state index in [4.69, 9.17) is 5.26 Å². The van der Waals surface area contributed by atoms with Crippen LogP contribution in [0.5, 0.6) is 0 Å². The number of aliphatic imine (C=N–C) groups is 1. The topological polar surface area (TPSA) is 56.5 Å². The van der Waals surface area contributed by atoms with Crippen LogP contribution in [0.4, 0.5) is 10.1 Å². The Morgan fingerprint density at radius 1 is 1.20 bits per heavy atom. The highest BCUT2D eigenvalue weighted by molar-refractivity contribution is 8.18. The standard InChI is InChI=1S/C19H14FN3OS/c1-2-23-18(24)17(11-13-3-5-14(12-21)6-4-13)25-19(23)22-16-9-7-15(20)8-10-16/h3-11H,2H2,1H3/b17-11+,22-19?. The van der Waals surface area contributed by atoms with Gasteiger partial charge in [0.1, 0.15) is 5.82 Å². The molecule has 0 unspecified atom stereocenters. The molecule has 0 aliphatic carbocycles. The summed E-state index contributed by atoms with van der Waals surface area (Å²) in [4.78, 5) is 19.2. The molecule has 1 fully saturated rings. The number of hydrogen-bond donors (Lipinski definition) is 0. The van der Waals surface area contributed by atoms with E-state index < -0.39 is 0 Å². The summed E-state index contributed by atoms with van der Waals surface area (Å²) in [6.07, 6.45) is 1.78. The molecule has 0 bridgehead atoms. The second-order valence-corrected chi connectivity index (χ2v) is 6.27. The van der Waals surface area contributed by atoms with Crippen molar-refractivity contribution in [1.82, 2.24) is 4.90 Å². The summed E-state index contributed by atoms with van der Waals surface area (Å²) in [6.45, 7) is 2.37. The molecule has 0 radical (unpaired) electrons. The number of nitriles is 1. The fraction of sp³-hybridized carbons (Fsp3) is 0.105. The number of benzene rings is 2. The largest absolute Gasteiger partial charge is 0.287 e.